The van der Waals surface area contributed by atoms with Crippen molar-refractivity contribution >= 4 is 5.91 Å². The lowest BCUT2D eigenvalue weighted by Crippen LogP contribution is -2.47. The molecular formula is C16H23FN2O. The van der Waals surface area contributed by atoms with Gasteiger partial charge in [0.25, 0.3) is 0 Å². The smallest absolute Gasteiger partial charge is 0.226 e. The first-order valence-electron chi connectivity index (χ1n) is 7.34. The molecule has 0 aliphatic carbocycles. The molecule has 1 saturated heterocycles. The molecule has 0 aromatic heterocycles. The molecule has 1 aromatic rings. The van der Waals surface area contributed by atoms with E-state index in [0.717, 1.165) is 37.9 Å². The first-order valence-corrected chi connectivity index (χ1v) is 7.34. The fourth-order valence-corrected chi connectivity index (χ4v) is 2.83. The van der Waals surface area contributed by atoms with Gasteiger partial charge in [-0.3, -0.25) is 4.79 Å². The predicted molar refractivity (Wildman–Crippen MR) is 77.8 cm³/mol. The van der Waals surface area contributed by atoms with Gasteiger partial charge in [0.05, 0.1) is 11.5 Å². The molecule has 2 rings (SSSR count). The number of hydrogen-bond acceptors (Lipinski definition) is 2. The molecule has 3 nitrogen and oxygen atoms in total. The van der Waals surface area contributed by atoms with E-state index in [1.807, 2.05) is 6.92 Å². The molecule has 0 unspecified atom stereocenters. The quantitative estimate of drug-likeness (QED) is 0.889. The molecule has 1 amide bonds. The Morgan fingerprint density at radius 1 is 1.35 bits per heavy atom. The lowest BCUT2D eigenvalue weighted by molar-refractivity contribution is -0.133. The summed E-state index contributed by atoms with van der Waals surface area (Å²) in [6.45, 7) is 5.81. The summed E-state index contributed by atoms with van der Waals surface area (Å²) in [5, 5.41) is 6.39. The summed E-state index contributed by atoms with van der Waals surface area (Å²) in [4.78, 5) is 12.6. The predicted octanol–water partition coefficient (Wildman–Crippen LogP) is 2.78. The zero-order valence-corrected chi connectivity index (χ0v) is 12.2. The second-order valence-electron chi connectivity index (χ2n) is 5.63. The lowest BCUT2D eigenvalue weighted by Gasteiger charge is -2.36. The SMILES string of the molecule is CCC1(C(=O)N[C@H](C)c2ccc(F)cc2)CCNCC1. The number of rotatable bonds is 4. The zero-order valence-electron chi connectivity index (χ0n) is 12.2. The molecule has 2 N–H and O–H groups in total. The number of hydrogen-bond donors (Lipinski definition) is 2. The van der Waals surface area contributed by atoms with E-state index < -0.39 is 0 Å². The maximum Gasteiger partial charge on any atom is 0.226 e. The summed E-state index contributed by atoms with van der Waals surface area (Å²) in [6, 6.07) is 6.21. The number of carbonyl (C=O) groups excluding carboxylic acids is 1. The van der Waals surface area contributed by atoms with Crippen molar-refractivity contribution in [2.75, 3.05) is 13.1 Å². The zero-order chi connectivity index (χ0) is 14.6. The van der Waals surface area contributed by atoms with E-state index in [0.29, 0.717) is 0 Å². The van der Waals surface area contributed by atoms with Gasteiger partial charge in [-0.1, -0.05) is 19.1 Å². The van der Waals surface area contributed by atoms with Crippen LogP contribution in [0.15, 0.2) is 24.3 Å². The van der Waals surface area contributed by atoms with Gasteiger partial charge in [-0.2, -0.15) is 0 Å². The lowest BCUT2D eigenvalue weighted by atomic mass is 9.75. The minimum Gasteiger partial charge on any atom is -0.349 e. The molecule has 0 bridgehead atoms. The Morgan fingerprint density at radius 3 is 2.50 bits per heavy atom. The average molecular weight is 278 g/mol. The highest BCUT2D eigenvalue weighted by molar-refractivity contribution is 5.83. The van der Waals surface area contributed by atoms with E-state index in [9.17, 15) is 9.18 Å². The van der Waals surface area contributed by atoms with Crippen LogP contribution in [0.4, 0.5) is 4.39 Å². The van der Waals surface area contributed by atoms with Gasteiger partial charge in [-0.05, 0) is 57.0 Å². The van der Waals surface area contributed by atoms with E-state index in [1.54, 1.807) is 12.1 Å². The number of benzene rings is 1. The summed E-state index contributed by atoms with van der Waals surface area (Å²) in [6.07, 6.45) is 2.62. The van der Waals surface area contributed by atoms with Crippen molar-refractivity contribution in [2.45, 2.75) is 39.2 Å². The first-order chi connectivity index (χ1) is 9.57. The van der Waals surface area contributed by atoms with Crippen molar-refractivity contribution in [3.8, 4) is 0 Å². The third-order valence-electron chi connectivity index (χ3n) is 4.44. The van der Waals surface area contributed by atoms with Crippen LogP contribution in [0.3, 0.4) is 0 Å². The number of amides is 1. The second kappa shape index (κ2) is 6.35. The Balaban J connectivity index is 2.04. The number of nitrogens with one attached hydrogen (secondary N) is 2. The Kier molecular flexibility index (Phi) is 4.76. The molecule has 1 aliphatic rings. The van der Waals surface area contributed by atoms with Crippen molar-refractivity contribution in [1.29, 1.82) is 0 Å². The van der Waals surface area contributed by atoms with Crippen molar-refractivity contribution in [1.82, 2.24) is 10.6 Å². The Labute approximate surface area is 120 Å². The molecule has 0 saturated carbocycles. The van der Waals surface area contributed by atoms with Crippen LogP contribution in [0.2, 0.25) is 0 Å². The summed E-state index contributed by atoms with van der Waals surface area (Å²) in [7, 11) is 0. The fourth-order valence-electron chi connectivity index (χ4n) is 2.83. The Hall–Kier alpha value is -1.42. The van der Waals surface area contributed by atoms with Gasteiger partial charge >= 0.3 is 0 Å². The molecule has 1 heterocycles. The van der Waals surface area contributed by atoms with Gasteiger partial charge < -0.3 is 10.6 Å². The van der Waals surface area contributed by atoms with Crippen LogP contribution in [-0.2, 0) is 4.79 Å². The minimum atomic E-state index is -0.254. The first kappa shape index (κ1) is 15.0. The standard InChI is InChI=1S/C16H23FN2O/c1-3-16(8-10-18-11-9-16)15(20)19-12(2)13-4-6-14(17)7-5-13/h4-7,12,18H,3,8-11H2,1-2H3,(H,19,20)/t12-/m1/s1. The molecule has 1 atom stereocenters. The summed E-state index contributed by atoms with van der Waals surface area (Å²) in [5.74, 6) is -0.131. The molecular weight excluding hydrogens is 255 g/mol. The highest BCUT2D eigenvalue weighted by Gasteiger charge is 2.38. The molecule has 110 valence electrons. The average Bonchev–Trinajstić information content (AvgIpc) is 2.48. The van der Waals surface area contributed by atoms with E-state index in [4.69, 9.17) is 0 Å². The maximum atomic E-state index is 12.9. The third kappa shape index (κ3) is 3.18. The van der Waals surface area contributed by atoms with Gasteiger partial charge in [0.1, 0.15) is 5.82 Å². The van der Waals surface area contributed by atoms with E-state index >= 15 is 0 Å². The summed E-state index contributed by atoms with van der Waals surface area (Å²) >= 11 is 0. The summed E-state index contributed by atoms with van der Waals surface area (Å²) in [5.41, 5.74) is 0.680. The number of halogens is 1. The monoisotopic (exact) mass is 278 g/mol. The molecule has 1 fully saturated rings. The fraction of sp³-hybridized carbons (Fsp3) is 0.562. The van der Waals surface area contributed by atoms with Crippen molar-refractivity contribution in [3.05, 3.63) is 35.6 Å². The van der Waals surface area contributed by atoms with Gasteiger partial charge in [0, 0.05) is 0 Å². The highest BCUT2D eigenvalue weighted by Crippen LogP contribution is 2.33. The van der Waals surface area contributed by atoms with Gasteiger partial charge in [0.2, 0.25) is 5.91 Å². The van der Waals surface area contributed by atoms with Gasteiger partial charge in [-0.25, -0.2) is 4.39 Å². The van der Waals surface area contributed by atoms with Crippen LogP contribution in [-0.4, -0.2) is 19.0 Å². The minimum absolute atomic E-state index is 0.0959. The Bertz CT molecular complexity index is 452. The van der Waals surface area contributed by atoms with Crippen LogP contribution in [0.25, 0.3) is 0 Å². The highest BCUT2D eigenvalue weighted by atomic mass is 19.1. The van der Waals surface area contributed by atoms with Crippen LogP contribution in [0.1, 0.15) is 44.7 Å². The van der Waals surface area contributed by atoms with Gasteiger partial charge in [-0.15, -0.1) is 0 Å². The number of carbonyl (C=O) groups is 1. The molecule has 0 spiro atoms. The van der Waals surface area contributed by atoms with Crippen molar-refractivity contribution in [3.63, 3.8) is 0 Å². The van der Waals surface area contributed by atoms with Crippen molar-refractivity contribution in [2.24, 2.45) is 5.41 Å². The molecule has 20 heavy (non-hydrogen) atoms. The Morgan fingerprint density at radius 2 is 1.95 bits per heavy atom. The van der Waals surface area contributed by atoms with E-state index in [2.05, 4.69) is 17.6 Å². The third-order valence-corrected chi connectivity index (χ3v) is 4.44. The maximum absolute atomic E-state index is 12.9. The van der Waals surface area contributed by atoms with Crippen LogP contribution < -0.4 is 10.6 Å². The van der Waals surface area contributed by atoms with Crippen molar-refractivity contribution < 1.29 is 9.18 Å². The summed E-state index contributed by atoms with van der Waals surface area (Å²) < 4.78 is 12.9. The van der Waals surface area contributed by atoms with E-state index in [1.165, 1.54) is 12.1 Å². The van der Waals surface area contributed by atoms with Gasteiger partial charge in [0.15, 0.2) is 0 Å². The number of piperidine rings is 1. The van der Waals surface area contributed by atoms with E-state index in [-0.39, 0.29) is 23.2 Å². The topological polar surface area (TPSA) is 41.1 Å². The molecule has 0 radical (unpaired) electrons. The van der Waals surface area contributed by atoms with Crippen LogP contribution >= 0.6 is 0 Å². The normalized spacial score (nSPS) is 19.4. The largest absolute Gasteiger partial charge is 0.349 e. The van der Waals surface area contributed by atoms with Crippen LogP contribution in [0, 0.1) is 11.2 Å². The van der Waals surface area contributed by atoms with Crippen LogP contribution in [0.5, 0.6) is 0 Å². The molecule has 1 aliphatic heterocycles. The molecule has 1 aromatic carbocycles. The molecule has 4 heteroatoms. The second-order valence-corrected chi connectivity index (χ2v) is 5.63.